The molecule has 5 rings (SSSR count). The minimum Gasteiger partial charge on any atom is -0.369 e. The molecule has 0 aromatic carbocycles. The van der Waals surface area contributed by atoms with Crippen molar-refractivity contribution < 1.29 is 4.74 Å². The van der Waals surface area contributed by atoms with Gasteiger partial charge in [-0.25, -0.2) is 0 Å². The van der Waals surface area contributed by atoms with Gasteiger partial charge >= 0.3 is 0 Å². The summed E-state index contributed by atoms with van der Waals surface area (Å²) in [6.45, 7) is 0. The Morgan fingerprint density at radius 1 is 1.00 bits per heavy atom. The van der Waals surface area contributed by atoms with E-state index in [1.54, 1.807) is 32.1 Å². The van der Waals surface area contributed by atoms with Gasteiger partial charge in [-0.2, -0.15) is 0 Å². The summed E-state index contributed by atoms with van der Waals surface area (Å²) in [6.07, 6.45) is 13.7. The number of rotatable bonds is 0. The summed E-state index contributed by atoms with van der Waals surface area (Å²) in [7, 11) is 0. The van der Waals surface area contributed by atoms with Crippen LogP contribution in [0.15, 0.2) is 0 Å². The summed E-state index contributed by atoms with van der Waals surface area (Å²) in [5.41, 5.74) is 0.800. The van der Waals surface area contributed by atoms with Crippen LogP contribution in [0.25, 0.3) is 0 Å². The summed E-state index contributed by atoms with van der Waals surface area (Å²) in [5.74, 6) is 4.24. The maximum Gasteiger partial charge on any atom is 0.0873 e. The standard InChI is InChI=1S/C15H22O/c1-2-10-7-13-14(16-13)12-8-15(10,4-1)5-3-9-6-11(9)12/h9-14H,1-8H2. The van der Waals surface area contributed by atoms with Crippen molar-refractivity contribution in [1.29, 1.82) is 0 Å². The number of fused-ring (bicyclic) bond motifs is 5. The van der Waals surface area contributed by atoms with Gasteiger partial charge < -0.3 is 4.74 Å². The van der Waals surface area contributed by atoms with Gasteiger partial charge in [0.25, 0.3) is 0 Å². The lowest BCUT2D eigenvalue weighted by atomic mass is 9.69. The number of epoxide rings is 1. The van der Waals surface area contributed by atoms with E-state index in [0.717, 1.165) is 35.2 Å². The monoisotopic (exact) mass is 218 g/mol. The highest BCUT2D eigenvalue weighted by Crippen LogP contribution is 2.67. The van der Waals surface area contributed by atoms with Gasteiger partial charge in [0.1, 0.15) is 0 Å². The fraction of sp³-hybridized carbons (Fsp3) is 1.00. The second kappa shape index (κ2) is 2.68. The zero-order valence-electron chi connectivity index (χ0n) is 10.0. The average molecular weight is 218 g/mol. The van der Waals surface area contributed by atoms with Gasteiger partial charge in [0.05, 0.1) is 12.2 Å². The summed E-state index contributed by atoms with van der Waals surface area (Å²) in [6, 6.07) is 0. The Morgan fingerprint density at radius 2 is 2.00 bits per heavy atom. The van der Waals surface area contributed by atoms with Gasteiger partial charge in [0.15, 0.2) is 0 Å². The molecule has 7 atom stereocenters. The van der Waals surface area contributed by atoms with Crippen molar-refractivity contribution in [3.05, 3.63) is 0 Å². The fourth-order valence-electron chi connectivity index (χ4n) is 5.86. The molecule has 7 unspecified atom stereocenters. The first-order valence-electron chi connectivity index (χ1n) is 7.51. The van der Waals surface area contributed by atoms with Gasteiger partial charge in [-0.05, 0) is 74.0 Å². The van der Waals surface area contributed by atoms with Crippen LogP contribution in [0.3, 0.4) is 0 Å². The highest BCUT2D eigenvalue weighted by Gasteiger charge is 2.63. The smallest absolute Gasteiger partial charge is 0.0873 e. The molecule has 1 nitrogen and oxygen atoms in total. The predicted octanol–water partition coefficient (Wildman–Crippen LogP) is 3.38. The molecule has 1 aliphatic heterocycles. The molecule has 0 N–H and O–H groups in total. The zero-order valence-corrected chi connectivity index (χ0v) is 10.0. The van der Waals surface area contributed by atoms with Gasteiger partial charge in [-0.3, -0.25) is 0 Å². The molecule has 5 fully saturated rings. The van der Waals surface area contributed by atoms with Crippen molar-refractivity contribution in [3.8, 4) is 0 Å². The maximum absolute atomic E-state index is 6.00. The molecule has 0 aromatic heterocycles. The third-order valence-corrected chi connectivity index (χ3v) is 6.84. The van der Waals surface area contributed by atoms with E-state index in [1.165, 1.54) is 19.3 Å². The molecule has 2 bridgehead atoms. The van der Waals surface area contributed by atoms with Crippen molar-refractivity contribution in [1.82, 2.24) is 0 Å². The van der Waals surface area contributed by atoms with Crippen LogP contribution in [0.5, 0.6) is 0 Å². The van der Waals surface area contributed by atoms with E-state index in [-0.39, 0.29) is 0 Å². The first-order valence-corrected chi connectivity index (χ1v) is 7.51. The Morgan fingerprint density at radius 3 is 3.00 bits per heavy atom. The molecule has 0 amide bonds. The number of hydrogen-bond donors (Lipinski definition) is 0. The highest BCUT2D eigenvalue weighted by atomic mass is 16.6. The number of ether oxygens (including phenoxy) is 1. The van der Waals surface area contributed by atoms with Crippen LogP contribution in [0.4, 0.5) is 0 Å². The molecule has 5 aliphatic rings. The molecule has 88 valence electrons. The first kappa shape index (κ1) is 8.97. The predicted molar refractivity (Wildman–Crippen MR) is 62.0 cm³/mol. The third-order valence-electron chi connectivity index (χ3n) is 6.84. The van der Waals surface area contributed by atoms with E-state index < -0.39 is 0 Å². The van der Waals surface area contributed by atoms with Crippen molar-refractivity contribution in [2.24, 2.45) is 29.1 Å². The highest BCUT2D eigenvalue weighted by molar-refractivity contribution is 5.11. The molecule has 4 aliphatic carbocycles. The molecular formula is C15H22O. The third kappa shape index (κ3) is 1.02. The SMILES string of the molecule is C1CC2CC3OC3C3CC2(C1)CCC1CC13. The van der Waals surface area contributed by atoms with E-state index in [2.05, 4.69) is 0 Å². The summed E-state index contributed by atoms with van der Waals surface area (Å²) >= 11 is 0. The summed E-state index contributed by atoms with van der Waals surface area (Å²) in [4.78, 5) is 0. The number of hydrogen-bond acceptors (Lipinski definition) is 1. The molecule has 4 saturated carbocycles. The summed E-state index contributed by atoms with van der Waals surface area (Å²) in [5, 5.41) is 0. The van der Waals surface area contributed by atoms with E-state index in [0.29, 0.717) is 6.10 Å². The van der Waals surface area contributed by atoms with E-state index in [4.69, 9.17) is 4.74 Å². The zero-order chi connectivity index (χ0) is 10.3. The Kier molecular flexibility index (Phi) is 1.50. The lowest BCUT2D eigenvalue weighted by molar-refractivity contribution is 0.108. The van der Waals surface area contributed by atoms with Crippen LogP contribution in [0, 0.1) is 29.1 Å². The molecule has 0 aromatic rings. The van der Waals surface area contributed by atoms with Crippen molar-refractivity contribution in [2.45, 2.75) is 63.6 Å². The Hall–Kier alpha value is -0.0400. The van der Waals surface area contributed by atoms with Gasteiger partial charge in [-0.15, -0.1) is 0 Å². The second-order valence-corrected chi connectivity index (χ2v) is 7.39. The first-order chi connectivity index (χ1) is 7.86. The van der Waals surface area contributed by atoms with E-state index in [9.17, 15) is 0 Å². The van der Waals surface area contributed by atoms with Crippen LogP contribution in [0.1, 0.15) is 51.4 Å². The molecule has 0 radical (unpaired) electrons. The van der Waals surface area contributed by atoms with E-state index in [1.807, 2.05) is 0 Å². The minimum atomic E-state index is 0.703. The quantitative estimate of drug-likeness (QED) is 0.568. The van der Waals surface area contributed by atoms with Gasteiger partial charge in [-0.1, -0.05) is 6.42 Å². The second-order valence-electron chi connectivity index (χ2n) is 7.39. The Labute approximate surface area is 97.9 Å². The molecular weight excluding hydrogens is 196 g/mol. The Balaban J connectivity index is 1.57. The maximum atomic E-state index is 6.00. The molecule has 1 heteroatoms. The largest absolute Gasteiger partial charge is 0.369 e. The fourth-order valence-corrected chi connectivity index (χ4v) is 5.86. The van der Waals surface area contributed by atoms with Crippen molar-refractivity contribution in [3.63, 3.8) is 0 Å². The topological polar surface area (TPSA) is 12.5 Å². The van der Waals surface area contributed by atoms with Crippen molar-refractivity contribution in [2.75, 3.05) is 0 Å². The molecule has 16 heavy (non-hydrogen) atoms. The Bertz CT molecular complexity index is 338. The van der Waals surface area contributed by atoms with Gasteiger partial charge in [0.2, 0.25) is 0 Å². The van der Waals surface area contributed by atoms with E-state index >= 15 is 0 Å². The average Bonchev–Trinajstić information content (AvgIpc) is 3.11. The molecule has 1 spiro atoms. The normalized spacial score (nSPS) is 66.0. The van der Waals surface area contributed by atoms with Crippen LogP contribution >= 0.6 is 0 Å². The molecule has 1 heterocycles. The molecule has 1 saturated heterocycles. The minimum absolute atomic E-state index is 0.703. The van der Waals surface area contributed by atoms with Crippen LogP contribution < -0.4 is 0 Å². The summed E-state index contributed by atoms with van der Waals surface area (Å²) < 4.78 is 6.00. The van der Waals surface area contributed by atoms with Crippen LogP contribution in [0.2, 0.25) is 0 Å². The van der Waals surface area contributed by atoms with Gasteiger partial charge in [0, 0.05) is 0 Å². The lowest BCUT2D eigenvalue weighted by Crippen LogP contribution is -2.27. The lowest BCUT2D eigenvalue weighted by Gasteiger charge is -2.36. The van der Waals surface area contributed by atoms with Crippen LogP contribution in [-0.4, -0.2) is 12.2 Å². The van der Waals surface area contributed by atoms with Crippen LogP contribution in [-0.2, 0) is 4.74 Å². The van der Waals surface area contributed by atoms with Crippen molar-refractivity contribution >= 4 is 0 Å².